The van der Waals surface area contributed by atoms with Gasteiger partial charge in [-0.3, -0.25) is 9.89 Å². The Labute approximate surface area is 146 Å². The van der Waals surface area contributed by atoms with Crippen molar-refractivity contribution in [3.8, 4) is 5.75 Å². The molecule has 0 spiro atoms. The zero-order valence-corrected chi connectivity index (χ0v) is 14.9. The van der Waals surface area contributed by atoms with Crippen LogP contribution in [0.2, 0.25) is 0 Å². The lowest BCUT2D eigenvalue weighted by Gasteiger charge is -2.15. The second-order valence-electron chi connectivity index (χ2n) is 6.31. The molecule has 2 atom stereocenters. The highest BCUT2D eigenvalue weighted by Crippen LogP contribution is 2.37. The van der Waals surface area contributed by atoms with Gasteiger partial charge in [0.05, 0.1) is 0 Å². The number of aromatic nitrogens is 3. The molecule has 1 aliphatic rings. The maximum absolute atomic E-state index is 12.4. The third-order valence-corrected chi connectivity index (χ3v) is 4.61. The Hall–Kier alpha value is -2.15. The second kappa shape index (κ2) is 6.76. The summed E-state index contributed by atoms with van der Waals surface area (Å²) in [6.07, 6.45) is 0.138. The molecule has 0 fully saturated rings. The summed E-state index contributed by atoms with van der Waals surface area (Å²) >= 11 is 5.23. The van der Waals surface area contributed by atoms with E-state index in [1.54, 1.807) is 0 Å². The summed E-state index contributed by atoms with van der Waals surface area (Å²) in [5.74, 6) is 1.60. The van der Waals surface area contributed by atoms with Crippen molar-refractivity contribution in [2.24, 2.45) is 0 Å². The van der Waals surface area contributed by atoms with Gasteiger partial charge in [-0.25, -0.2) is 0 Å². The molecule has 1 aromatic heterocycles. The molecule has 0 radical (unpaired) electrons. The molecule has 0 aliphatic carbocycles. The molecule has 6 nitrogen and oxygen atoms in total. The van der Waals surface area contributed by atoms with E-state index in [9.17, 15) is 4.79 Å². The Kier molecular flexibility index (Phi) is 4.71. The molecule has 1 aliphatic heterocycles. The Morgan fingerprint density at radius 1 is 1.46 bits per heavy atom. The third-order valence-electron chi connectivity index (χ3n) is 4.32. The SMILES string of the molecule is CC1c2ccccc2OC1C(=O)NCCc1n[nH]c(=S)n1C(C)C. The van der Waals surface area contributed by atoms with Gasteiger partial charge >= 0.3 is 0 Å². The van der Waals surface area contributed by atoms with Gasteiger partial charge in [-0.15, -0.1) is 0 Å². The summed E-state index contributed by atoms with van der Waals surface area (Å²) in [4.78, 5) is 12.4. The van der Waals surface area contributed by atoms with Crippen LogP contribution in [0.25, 0.3) is 0 Å². The van der Waals surface area contributed by atoms with E-state index in [4.69, 9.17) is 17.0 Å². The zero-order valence-electron chi connectivity index (χ0n) is 14.1. The minimum Gasteiger partial charge on any atom is -0.480 e. The smallest absolute Gasteiger partial charge is 0.261 e. The number of fused-ring (bicyclic) bond motifs is 1. The van der Waals surface area contributed by atoms with E-state index in [1.807, 2.05) is 35.8 Å². The quantitative estimate of drug-likeness (QED) is 0.817. The number of benzene rings is 1. The summed E-state index contributed by atoms with van der Waals surface area (Å²) in [6.45, 7) is 6.62. The van der Waals surface area contributed by atoms with Crippen molar-refractivity contribution in [1.82, 2.24) is 20.1 Å². The highest BCUT2D eigenvalue weighted by molar-refractivity contribution is 7.71. The molecule has 0 bridgehead atoms. The standard InChI is InChI=1S/C17H22N4O2S/c1-10(2)21-14(19-20-17(21)24)8-9-18-16(22)15-11(3)12-6-4-5-7-13(12)23-15/h4-7,10-11,15H,8-9H2,1-3H3,(H,18,22)(H,20,24). The monoisotopic (exact) mass is 346 g/mol. The highest BCUT2D eigenvalue weighted by atomic mass is 32.1. The van der Waals surface area contributed by atoms with Crippen molar-refractivity contribution in [1.29, 1.82) is 0 Å². The number of carbonyl (C=O) groups excluding carboxylic acids is 1. The molecule has 7 heteroatoms. The first-order valence-electron chi connectivity index (χ1n) is 8.18. The fraction of sp³-hybridized carbons (Fsp3) is 0.471. The molecule has 1 amide bonds. The number of nitrogens with zero attached hydrogens (tertiary/aromatic N) is 2. The van der Waals surface area contributed by atoms with Gasteiger partial charge in [0, 0.05) is 30.5 Å². The van der Waals surface area contributed by atoms with E-state index >= 15 is 0 Å². The van der Waals surface area contributed by atoms with Crippen LogP contribution >= 0.6 is 12.2 Å². The van der Waals surface area contributed by atoms with Gasteiger partial charge in [0.2, 0.25) is 0 Å². The number of aromatic amines is 1. The fourth-order valence-electron chi connectivity index (χ4n) is 3.09. The van der Waals surface area contributed by atoms with Crippen LogP contribution < -0.4 is 10.1 Å². The summed E-state index contributed by atoms with van der Waals surface area (Å²) in [6, 6.07) is 8.02. The lowest BCUT2D eigenvalue weighted by Crippen LogP contribution is -2.40. The minimum atomic E-state index is -0.478. The Morgan fingerprint density at radius 3 is 2.92 bits per heavy atom. The number of rotatable bonds is 5. The number of amides is 1. The van der Waals surface area contributed by atoms with E-state index in [2.05, 4.69) is 29.4 Å². The first-order chi connectivity index (χ1) is 11.5. The summed E-state index contributed by atoms with van der Waals surface area (Å²) in [5.41, 5.74) is 1.08. The molecule has 2 unspecified atom stereocenters. The van der Waals surface area contributed by atoms with E-state index in [0.717, 1.165) is 17.1 Å². The Bertz CT molecular complexity index is 796. The molecule has 24 heavy (non-hydrogen) atoms. The lowest BCUT2D eigenvalue weighted by atomic mass is 9.97. The molecule has 3 rings (SSSR count). The van der Waals surface area contributed by atoms with Crippen LogP contribution in [-0.4, -0.2) is 33.3 Å². The molecular weight excluding hydrogens is 324 g/mol. The predicted molar refractivity (Wildman–Crippen MR) is 93.8 cm³/mol. The molecular formula is C17H22N4O2S. The van der Waals surface area contributed by atoms with Crippen molar-refractivity contribution in [2.45, 2.75) is 45.3 Å². The van der Waals surface area contributed by atoms with Crippen molar-refractivity contribution in [3.05, 3.63) is 40.4 Å². The maximum atomic E-state index is 12.4. The molecule has 1 aromatic carbocycles. The van der Waals surface area contributed by atoms with Crippen molar-refractivity contribution >= 4 is 18.1 Å². The number of hydrogen-bond acceptors (Lipinski definition) is 4. The van der Waals surface area contributed by atoms with E-state index < -0.39 is 6.10 Å². The first kappa shape index (κ1) is 16.7. The average Bonchev–Trinajstić information content (AvgIpc) is 3.08. The van der Waals surface area contributed by atoms with E-state index in [0.29, 0.717) is 17.7 Å². The van der Waals surface area contributed by atoms with Gasteiger partial charge in [-0.2, -0.15) is 5.10 Å². The molecule has 0 saturated heterocycles. The van der Waals surface area contributed by atoms with Crippen LogP contribution in [0.5, 0.6) is 5.75 Å². The maximum Gasteiger partial charge on any atom is 0.261 e. The largest absolute Gasteiger partial charge is 0.480 e. The third kappa shape index (κ3) is 3.08. The number of carbonyl (C=O) groups is 1. The van der Waals surface area contributed by atoms with Crippen molar-refractivity contribution in [3.63, 3.8) is 0 Å². The number of ether oxygens (including phenoxy) is 1. The fourth-order valence-corrected chi connectivity index (χ4v) is 3.45. The molecule has 2 N–H and O–H groups in total. The second-order valence-corrected chi connectivity index (χ2v) is 6.70. The van der Waals surface area contributed by atoms with Crippen LogP contribution in [0, 0.1) is 4.77 Å². The van der Waals surface area contributed by atoms with E-state index in [-0.39, 0.29) is 17.9 Å². The van der Waals surface area contributed by atoms with Gasteiger partial charge in [-0.05, 0) is 32.1 Å². The molecule has 2 aromatic rings. The van der Waals surface area contributed by atoms with Gasteiger partial charge in [0.25, 0.3) is 5.91 Å². The first-order valence-corrected chi connectivity index (χ1v) is 8.59. The summed E-state index contributed by atoms with van der Waals surface area (Å²) < 4.78 is 8.36. The normalized spacial score (nSPS) is 19.2. The highest BCUT2D eigenvalue weighted by Gasteiger charge is 2.35. The summed E-state index contributed by atoms with van der Waals surface area (Å²) in [5, 5.41) is 10.00. The summed E-state index contributed by atoms with van der Waals surface area (Å²) in [7, 11) is 0. The number of nitrogens with one attached hydrogen (secondary N) is 2. The van der Waals surface area contributed by atoms with Crippen LogP contribution in [-0.2, 0) is 11.2 Å². The van der Waals surface area contributed by atoms with Crippen molar-refractivity contribution in [2.75, 3.05) is 6.54 Å². The number of hydrogen-bond donors (Lipinski definition) is 2. The molecule has 128 valence electrons. The van der Waals surface area contributed by atoms with Gasteiger partial charge < -0.3 is 14.6 Å². The molecule has 2 heterocycles. The van der Waals surface area contributed by atoms with Crippen LogP contribution in [0.15, 0.2) is 24.3 Å². The van der Waals surface area contributed by atoms with Crippen LogP contribution in [0.3, 0.4) is 0 Å². The zero-order chi connectivity index (χ0) is 17.3. The van der Waals surface area contributed by atoms with E-state index in [1.165, 1.54) is 0 Å². The minimum absolute atomic E-state index is 0.0476. The lowest BCUT2D eigenvalue weighted by molar-refractivity contribution is -0.127. The van der Waals surface area contributed by atoms with Gasteiger partial charge in [0.15, 0.2) is 10.9 Å². The van der Waals surface area contributed by atoms with Gasteiger partial charge in [0.1, 0.15) is 11.6 Å². The Balaban J connectivity index is 1.59. The van der Waals surface area contributed by atoms with Crippen molar-refractivity contribution < 1.29 is 9.53 Å². The van der Waals surface area contributed by atoms with Crippen LogP contribution in [0.1, 0.15) is 44.1 Å². The topological polar surface area (TPSA) is 71.9 Å². The van der Waals surface area contributed by atoms with Crippen LogP contribution in [0.4, 0.5) is 0 Å². The average molecular weight is 346 g/mol. The molecule has 0 saturated carbocycles. The Morgan fingerprint density at radius 2 is 2.21 bits per heavy atom. The van der Waals surface area contributed by atoms with Gasteiger partial charge in [-0.1, -0.05) is 25.1 Å². The number of para-hydroxylation sites is 1. The number of H-pyrrole nitrogens is 1. The predicted octanol–water partition coefficient (Wildman–Crippen LogP) is 2.74.